The minimum absolute atomic E-state index is 0.0304. The molecular formula is C20H15Cl2FN2O3S. The molecule has 0 atom stereocenters. The van der Waals surface area contributed by atoms with Crippen molar-refractivity contribution in [2.45, 2.75) is 4.90 Å². The van der Waals surface area contributed by atoms with Gasteiger partial charge in [0.15, 0.2) is 0 Å². The van der Waals surface area contributed by atoms with Gasteiger partial charge in [0.25, 0.3) is 15.9 Å². The summed E-state index contributed by atoms with van der Waals surface area (Å²) in [5, 5.41) is 2.96. The first-order chi connectivity index (χ1) is 13.7. The van der Waals surface area contributed by atoms with E-state index < -0.39 is 21.7 Å². The Morgan fingerprint density at radius 3 is 2.41 bits per heavy atom. The fourth-order valence-electron chi connectivity index (χ4n) is 2.55. The van der Waals surface area contributed by atoms with Gasteiger partial charge in [0.2, 0.25) is 0 Å². The molecule has 0 saturated heterocycles. The number of amides is 1. The van der Waals surface area contributed by atoms with Crippen LogP contribution in [0.4, 0.5) is 15.8 Å². The highest BCUT2D eigenvalue weighted by Gasteiger charge is 2.23. The molecule has 0 aliphatic rings. The highest BCUT2D eigenvalue weighted by Crippen LogP contribution is 2.26. The van der Waals surface area contributed by atoms with Crippen molar-refractivity contribution in [3.05, 3.63) is 88.2 Å². The van der Waals surface area contributed by atoms with Crippen molar-refractivity contribution in [2.24, 2.45) is 0 Å². The highest BCUT2D eigenvalue weighted by molar-refractivity contribution is 7.92. The molecule has 3 aromatic rings. The molecule has 3 aromatic carbocycles. The van der Waals surface area contributed by atoms with Gasteiger partial charge in [-0.1, -0.05) is 35.3 Å². The monoisotopic (exact) mass is 452 g/mol. The fraction of sp³-hybridized carbons (Fsp3) is 0.0500. The second-order valence-electron chi connectivity index (χ2n) is 6.06. The summed E-state index contributed by atoms with van der Waals surface area (Å²) < 4.78 is 40.1. The Morgan fingerprint density at radius 1 is 1.00 bits per heavy atom. The molecule has 1 amide bonds. The number of hydrogen-bond donors (Lipinski definition) is 1. The predicted octanol–water partition coefficient (Wildman–Crippen LogP) is 5.21. The van der Waals surface area contributed by atoms with Crippen molar-refractivity contribution in [3.63, 3.8) is 0 Å². The summed E-state index contributed by atoms with van der Waals surface area (Å²) in [6.07, 6.45) is 0. The lowest BCUT2D eigenvalue weighted by molar-refractivity contribution is 0.102. The third-order valence-corrected chi connectivity index (χ3v) is 6.44. The van der Waals surface area contributed by atoms with Gasteiger partial charge in [-0.3, -0.25) is 9.10 Å². The van der Waals surface area contributed by atoms with Crippen molar-refractivity contribution in [3.8, 4) is 0 Å². The zero-order valence-electron chi connectivity index (χ0n) is 15.1. The molecule has 0 aliphatic heterocycles. The Labute approximate surface area is 177 Å². The van der Waals surface area contributed by atoms with Gasteiger partial charge >= 0.3 is 0 Å². The molecule has 0 bridgehead atoms. The quantitative estimate of drug-likeness (QED) is 0.577. The van der Waals surface area contributed by atoms with Crippen molar-refractivity contribution in [2.75, 3.05) is 16.7 Å². The van der Waals surface area contributed by atoms with E-state index in [-0.39, 0.29) is 21.2 Å². The lowest BCUT2D eigenvalue weighted by atomic mass is 10.2. The predicted molar refractivity (Wildman–Crippen MR) is 113 cm³/mol. The summed E-state index contributed by atoms with van der Waals surface area (Å²) >= 11 is 11.9. The maximum absolute atomic E-state index is 13.2. The Hall–Kier alpha value is -2.61. The van der Waals surface area contributed by atoms with E-state index >= 15 is 0 Å². The Morgan fingerprint density at radius 2 is 1.72 bits per heavy atom. The van der Waals surface area contributed by atoms with Crippen LogP contribution in [-0.4, -0.2) is 21.4 Å². The van der Waals surface area contributed by atoms with Gasteiger partial charge in [-0.15, -0.1) is 0 Å². The van der Waals surface area contributed by atoms with E-state index in [4.69, 9.17) is 23.2 Å². The maximum atomic E-state index is 13.2. The van der Waals surface area contributed by atoms with Crippen LogP contribution in [0.15, 0.2) is 71.6 Å². The largest absolute Gasteiger partial charge is 0.321 e. The number of halogens is 3. The second kappa shape index (κ2) is 8.41. The van der Waals surface area contributed by atoms with Crippen LogP contribution < -0.4 is 9.62 Å². The molecule has 0 saturated carbocycles. The smallest absolute Gasteiger partial charge is 0.264 e. The van der Waals surface area contributed by atoms with E-state index in [0.29, 0.717) is 10.7 Å². The van der Waals surface area contributed by atoms with Crippen LogP contribution in [0, 0.1) is 5.82 Å². The van der Waals surface area contributed by atoms with Crippen molar-refractivity contribution < 1.29 is 17.6 Å². The molecule has 5 nitrogen and oxygen atoms in total. The van der Waals surface area contributed by atoms with Gasteiger partial charge in [-0.05, 0) is 54.6 Å². The third-order valence-electron chi connectivity index (χ3n) is 4.11. The molecule has 1 N–H and O–H groups in total. The van der Waals surface area contributed by atoms with Crippen molar-refractivity contribution in [1.82, 2.24) is 0 Å². The van der Waals surface area contributed by atoms with E-state index in [0.717, 1.165) is 16.4 Å². The topological polar surface area (TPSA) is 66.5 Å². The van der Waals surface area contributed by atoms with Gasteiger partial charge in [0.1, 0.15) is 5.82 Å². The molecule has 0 aromatic heterocycles. The molecule has 0 spiro atoms. The van der Waals surface area contributed by atoms with E-state index in [2.05, 4.69) is 5.32 Å². The van der Waals surface area contributed by atoms with Crippen LogP contribution in [0.2, 0.25) is 10.0 Å². The van der Waals surface area contributed by atoms with Crippen LogP contribution in [0.5, 0.6) is 0 Å². The van der Waals surface area contributed by atoms with Crippen LogP contribution in [-0.2, 0) is 10.0 Å². The zero-order chi connectivity index (χ0) is 21.2. The first-order valence-electron chi connectivity index (χ1n) is 8.29. The number of carbonyl (C=O) groups is 1. The minimum atomic E-state index is -3.93. The summed E-state index contributed by atoms with van der Waals surface area (Å²) in [5.41, 5.74) is 0.693. The Bertz CT molecular complexity index is 1190. The summed E-state index contributed by atoms with van der Waals surface area (Å²) in [4.78, 5) is 12.5. The molecule has 29 heavy (non-hydrogen) atoms. The van der Waals surface area contributed by atoms with Gasteiger partial charge in [-0.25, -0.2) is 12.8 Å². The average molecular weight is 453 g/mol. The second-order valence-corrected chi connectivity index (χ2v) is 8.87. The standard InChI is InChI=1S/C20H15Cl2FN2O3S/c1-25(16-6-3-5-14(21)11-16)29(27,28)17-7-2-4-13(10-17)20(26)24-19-9-8-15(23)12-18(19)22/h2-12H,1H3,(H,24,26). The van der Waals surface area contributed by atoms with Crippen LogP contribution >= 0.6 is 23.2 Å². The summed E-state index contributed by atoms with van der Waals surface area (Å²) in [7, 11) is -2.54. The number of nitrogens with one attached hydrogen (secondary N) is 1. The molecule has 9 heteroatoms. The van der Waals surface area contributed by atoms with E-state index in [1.165, 1.54) is 43.4 Å². The van der Waals surface area contributed by atoms with Crippen LogP contribution in [0.25, 0.3) is 0 Å². The summed E-state index contributed by atoms with van der Waals surface area (Å²) in [6.45, 7) is 0. The first kappa shape index (κ1) is 21.1. The molecule has 0 fully saturated rings. The molecule has 3 rings (SSSR count). The average Bonchev–Trinajstić information content (AvgIpc) is 2.69. The molecular weight excluding hydrogens is 438 g/mol. The Kier molecular flexibility index (Phi) is 6.12. The van der Waals surface area contributed by atoms with Crippen molar-refractivity contribution in [1.29, 1.82) is 0 Å². The molecule has 150 valence electrons. The number of benzene rings is 3. The lowest BCUT2D eigenvalue weighted by Gasteiger charge is -2.20. The van der Waals surface area contributed by atoms with Gasteiger partial charge in [0.05, 0.1) is 21.3 Å². The van der Waals surface area contributed by atoms with Crippen molar-refractivity contribution >= 4 is 50.5 Å². The summed E-state index contributed by atoms with van der Waals surface area (Å²) in [5.74, 6) is -1.12. The SMILES string of the molecule is CN(c1cccc(Cl)c1)S(=O)(=O)c1cccc(C(=O)Nc2ccc(F)cc2Cl)c1. The number of carbonyl (C=O) groups excluding carboxylic acids is 1. The first-order valence-corrected chi connectivity index (χ1v) is 10.5. The van der Waals surface area contributed by atoms with Gasteiger partial charge in [0, 0.05) is 17.6 Å². The number of anilines is 2. The maximum Gasteiger partial charge on any atom is 0.264 e. The van der Waals surface area contributed by atoms with Crippen LogP contribution in [0.3, 0.4) is 0 Å². The lowest BCUT2D eigenvalue weighted by Crippen LogP contribution is -2.26. The van der Waals surface area contributed by atoms with Gasteiger partial charge < -0.3 is 5.32 Å². The molecule has 0 unspecified atom stereocenters. The number of rotatable bonds is 5. The number of sulfonamides is 1. The van der Waals surface area contributed by atoms with E-state index in [9.17, 15) is 17.6 Å². The third kappa shape index (κ3) is 4.70. The summed E-state index contributed by atoms with van der Waals surface area (Å²) in [6, 6.07) is 15.5. The van der Waals surface area contributed by atoms with E-state index in [1.807, 2.05) is 0 Å². The number of hydrogen-bond acceptors (Lipinski definition) is 3. The molecule has 0 heterocycles. The highest BCUT2D eigenvalue weighted by atomic mass is 35.5. The Balaban J connectivity index is 1.89. The fourth-order valence-corrected chi connectivity index (χ4v) is 4.18. The molecule has 0 radical (unpaired) electrons. The van der Waals surface area contributed by atoms with Crippen LogP contribution in [0.1, 0.15) is 10.4 Å². The molecule has 0 aliphatic carbocycles. The minimum Gasteiger partial charge on any atom is -0.321 e. The number of nitrogens with zero attached hydrogens (tertiary/aromatic N) is 1. The normalized spacial score (nSPS) is 11.2. The van der Waals surface area contributed by atoms with E-state index in [1.54, 1.807) is 18.2 Å². The zero-order valence-corrected chi connectivity index (χ0v) is 17.4. The van der Waals surface area contributed by atoms with Gasteiger partial charge in [-0.2, -0.15) is 0 Å².